The normalized spacial score (nSPS) is 15.1. The van der Waals surface area contributed by atoms with Crippen molar-refractivity contribution in [1.29, 1.82) is 0 Å². The number of carbonyl (C=O) groups excluding carboxylic acids is 3. The van der Waals surface area contributed by atoms with Gasteiger partial charge in [0.1, 0.15) is 6.04 Å². The molecule has 0 saturated heterocycles. The Morgan fingerprint density at radius 3 is 2.39 bits per heavy atom. The van der Waals surface area contributed by atoms with Crippen molar-refractivity contribution in [3.63, 3.8) is 0 Å². The molecule has 1 aliphatic heterocycles. The molecule has 0 aliphatic carbocycles. The molecule has 0 spiro atoms. The molecule has 0 saturated carbocycles. The Balaban J connectivity index is 1.60. The van der Waals surface area contributed by atoms with E-state index in [0.29, 0.717) is 18.7 Å². The van der Waals surface area contributed by atoms with E-state index in [9.17, 15) is 14.4 Å². The van der Waals surface area contributed by atoms with Crippen LogP contribution in [-0.4, -0.2) is 46.7 Å². The SMILES string of the molecule is CCCCCN(CCCCC)C(=O)[C@@H](CC1C(=O)Nc2ccccc21)NC(=O)c1cnc2ccccc2c1. The minimum atomic E-state index is -0.834. The molecule has 2 atom stereocenters. The molecule has 1 unspecified atom stereocenters. The predicted molar refractivity (Wildman–Crippen MR) is 151 cm³/mol. The van der Waals surface area contributed by atoms with Crippen LogP contribution >= 0.6 is 0 Å². The fourth-order valence-corrected chi connectivity index (χ4v) is 5.06. The van der Waals surface area contributed by atoms with Crippen LogP contribution in [0.4, 0.5) is 5.69 Å². The maximum Gasteiger partial charge on any atom is 0.253 e. The van der Waals surface area contributed by atoms with Crippen LogP contribution in [-0.2, 0) is 9.59 Å². The van der Waals surface area contributed by atoms with Gasteiger partial charge in [0.15, 0.2) is 0 Å². The highest BCUT2D eigenvalue weighted by molar-refractivity contribution is 6.04. The molecule has 7 nitrogen and oxygen atoms in total. The largest absolute Gasteiger partial charge is 0.341 e. The third-order valence-corrected chi connectivity index (χ3v) is 7.21. The number of aromatic nitrogens is 1. The monoisotopic (exact) mass is 514 g/mol. The molecular weight excluding hydrogens is 476 g/mol. The lowest BCUT2D eigenvalue weighted by molar-refractivity contribution is -0.133. The van der Waals surface area contributed by atoms with Crippen LogP contribution in [0.15, 0.2) is 60.8 Å². The highest BCUT2D eigenvalue weighted by atomic mass is 16.2. The fourth-order valence-electron chi connectivity index (χ4n) is 5.06. The zero-order valence-corrected chi connectivity index (χ0v) is 22.4. The van der Waals surface area contributed by atoms with E-state index in [4.69, 9.17) is 0 Å². The van der Waals surface area contributed by atoms with E-state index in [1.807, 2.05) is 53.4 Å². The lowest BCUT2D eigenvalue weighted by Crippen LogP contribution is -2.50. The van der Waals surface area contributed by atoms with Gasteiger partial charge in [0.2, 0.25) is 11.8 Å². The molecule has 3 amide bonds. The summed E-state index contributed by atoms with van der Waals surface area (Å²) >= 11 is 0. The smallest absolute Gasteiger partial charge is 0.253 e. The summed E-state index contributed by atoms with van der Waals surface area (Å²) in [5, 5.41) is 6.77. The number of nitrogens with one attached hydrogen (secondary N) is 2. The van der Waals surface area contributed by atoms with Crippen molar-refractivity contribution < 1.29 is 14.4 Å². The molecule has 2 heterocycles. The van der Waals surface area contributed by atoms with Gasteiger partial charge >= 0.3 is 0 Å². The summed E-state index contributed by atoms with van der Waals surface area (Å²) in [6.45, 7) is 5.57. The van der Waals surface area contributed by atoms with Gasteiger partial charge in [0.05, 0.1) is 17.0 Å². The maximum atomic E-state index is 14.0. The lowest BCUT2D eigenvalue weighted by Gasteiger charge is -2.29. The van der Waals surface area contributed by atoms with Crippen molar-refractivity contribution in [1.82, 2.24) is 15.2 Å². The summed E-state index contributed by atoms with van der Waals surface area (Å²) < 4.78 is 0. The number of amides is 3. The van der Waals surface area contributed by atoms with E-state index in [-0.39, 0.29) is 24.1 Å². The zero-order chi connectivity index (χ0) is 26.9. The van der Waals surface area contributed by atoms with Gasteiger partial charge in [0.25, 0.3) is 5.91 Å². The number of pyridine rings is 1. The number of hydrogen-bond donors (Lipinski definition) is 2. The standard InChI is InChI=1S/C31H38N4O3/c1-3-5-11-17-35(18-12-6-4-2)31(38)28(20-25-24-14-8-10-16-27(24)33-30(25)37)34-29(36)23-19-22-13-7-9-15-26(22)32-21-23/h7-10,13-16,19,21,25,28H,3-6,11-12,17-18,20H2,1-2H3,(H,33,37)(H,34,36)/t25?,28-/m1/s1. The van der Waals surface area contributed by atoms with Gasteiger partial charge < -0.3 is 15.5 Å². The third kappa shape index (κ3) is 6.57. The van der Waals surface area contributed by atoms with Crippen molar-refractivity contribution in [2.75, 3.05) is 18.4 Å². The van der Waals surface area contributed by atoms with E-state index in [2.05, 4.69) is 29.5 Å². The molecule has 200 valence electrons. The molecule has 0 radical (unpaired) electrons. The quantitative estimate of drug-likeness (QED) is 0.288. The van der Waals surface area contributed by atoms with Crippen molar-refractivity contribution in [3.8, 4) is 0 Å². The number of para-hydroxylation sites is 2. The first-order chi connectivity index (χ1) is 18.5. The Morgan fingerprint density at radius 1 is 0.974 bits per heavy atom. The van der Waals surface area contributed by atoms with Gasteiger partial charge in [-0.05, 0) is 43.0 Å². The molecule has 38 heavy (non-hydrogen) atoms. The number of benzene rings is 2. The molecule has 1 aliphatic rings. The van der Waals surface area contributed by atoms with Crippen molar-refractivity contribution in [2.45, 2.75) is 70.8 Å². The number of carbonyl (C=O) groups is 3. The van der Waals surface area contributed by atoms with Gasteiger partial charge in [-0.2, -0.15) is 0 Å². The number of anilines is 1. The number of hydrogen-bond acceptors (Lipinski definition) is 4. The maximum absolute atomic E-state index is 14.0. The van der Waals surface area contributed by atoms with Gasteiger partial charge in [-0.1, -0.05) is 75.9 Å². The molecule has 1 aromatic heterocycles. The van der Waals surface area contributed by atoms with E-state index < -0.39 is 12.0 Å². The van der Waals surface area contributed by atoms with Crippen molar-refractivity contribution in [3.05, 3.63) is 71.9 Å². The molecule has 2 aromatic carbocycles. The number of rotatable bonds is 13. The summed E-state index contributed by atoms with van der Waals surface area (Å²) in [7, 11) is 0. The van der Waals surface area contributed by atoms with Gasteiger partial charge in [-0.25, -0.2) is 0 Å². The second kappa shape index (κ2) is 13.2. The third-order valence-electron chi connectivity index (χ3n) is 7.21. The second-order valence-corrected chi connectivity index (χ2v) is 10.0. The van der Waals surface area contributed by atoms with Gasteiger partial charge in [-0.15, -0.1) is 0 Å². The fraction of sp³-hybridized carbons (Fsp3) is 0.419. The Labute approximate surface area is 225 Å². The summed E-state index contributed by atoms with van der Waals surface area (Å²) in [4.78, 5) is 46.6. The van der Waals surface area contributed by atoms with Crippen LogP contribution < -0.4 is 10.6 Å². The average Bonchev–Trinajstić information content (AvgIpc) is 3.25. The summed E-state index contributed by atoms with van der Waals surface area (Å²) in [6, 6.07) is 16.1. The van der Waals surface area contributed by atoms with E-state index in [1.165, 1.54) is 6.20 Å². The van der Waals surface area contributed by atoms with E-state index >= 15 is 0 Å². The Morgan fingerprint density at radius 2 is 1.66 bits per heavy atom. The number of nitrogens with zero attached hydrogens (tertiary/aromatic N) is 2. The van der Waals surface area contributed by atoms with Crippen LogP contribution in [0.3, 0.4) is 0 Å². The van der Waals surface area contributed by atoms with Crippen LogP contribution in [0.1, 0.15) is 80.6 Å². The number of fused-ring (bicyclic) bond motifs is 2. The minimum absolute atomic E-state index is 0.128. The van der Waals surface area contributed by atoms with Crippen LogP contribution in [0.5, 0.6) is 0 Å². The molecule has 0 bridgehead atoms. The molecule has 2 N–H and O–H groups in total. The summed E-state index contributed by atoms with van der Waals surface area (Å²) in [5.74, 6) is -1.15. The van der Waals surface area contributed by atoms with Crippen LogP contribution in [0.25, 0.3) is 10.9 Å². The number of unbranched alkanes of at least 4 members (excludes halogenated alkanes) is 4. The van der Waals surface area contributed by atoms with Crippen molar-refractivity contribution >= 4 is 34.3 Å². The first kappa shape index (κ1) is 27.3. The first-order valence-corrected chi connectivity index (χ1v) is 13.9. The highest BCUT2D eigenvalue weighted by Gasteiger charge is 2.36. The van der Waals surface area contributed by atoms with Crippen LogP contribution in [0, 0.1) is 0 Å². The zero-order valence-electron chi connectivity index (χ0n) is 22.4. The van der Waals surface area contributed by atoms with Gasteiger partial charge in [0, 0.05) is 30.4 Å². The molecular formula is C31H38N4O3. The summed E-state index contributed by atoms with van der Waals surface area (Å²) in [6.07, 6.45) is 7.76. The van der Waals surface area contributed by atoms with Crippen molar-refractivity contribution in [2.24, 2.45) is 0 Å². The Kier molecular flexibility index (Phi) is 9.46. The Bertz CT molecular complexity index is 1260. The van der Waals surface area contributed by atoms with E-state index in [0.717, 1.165) is 60.7 Å². The molecule has 4 rings (SSSR count). The Hall–Kier alpha value is -3.74. The average molecular weight is 515 g/mol. The van der Waals surface area contributed by atoms with Gasteiger partial charge in [-0.3, -0.25) is 19.4 Å². The highest BCUT2D eigenvalue weighted by Crippen LogP contribution is 2.35. The molecule has 0 fully saturated rings. The lowest BCUT2D eigenvalue weighted by atomic mass is 9.92. The second-order valence-electron chi connectivity index (χ2n) is 10.0. The van der Waals surface area contributed by atoms with Crippen LogP contribution in [0.2, 0.25) is 0 Å². The summed E-state index contributed by atoms with van der Waals surface area (Å²) in [5.41, 5.74) is 2.82. The topological polar surface area (TPSA) is 91.4 Å². The molecule has 3 aromatic rings. The first-order valence-electron chi connectivity index (χ1n) is 13.9. The predicted octanol–water partition coefficient (Wildman–Crippen LogP) is 5.67. The molecule has 7 heteroatoms. The minimum Gasteiger partial charge on any atom is -0.341 e. The van der Waals surface area contributed by atoms with E-state index in [1.54, 1.807) is 6.07 Å².